The van der Waals surface area contributed by atoms with Gasteiger partial charge in [-0.2, -0.15) is 0 Å². The van der Waals surface area contributed by atoms with E-state index in [2.05, 4.69) is 10.3 Å². The van der Waals surface area contributed by atoms with E-state index < -0.39 is 0 Å². The van der Waals surface area contributed by atoms with Gasteiger partial charge in [-0.1, -0.05) is 19.8 Å². The lowest BCUT2D eigenvalue weighted by Gasteiger charge is -2.15. The number of hydrogen-bond acceptors (Lipinski definition) is 3. The number of unbranched alkanes of at least 4 members (excludes halogenated alkanes) is 1. The number of aryl methyl sites for hydroxylation is 1. The fraction of sp³-hybridized carbons (Fsp3) is 0.538. The van der Waals surface area contributed by atoms with Gasteiger partial charge in [0.1, 0.15) is 5.69 Å². The number of amides is 1. The molecule has 5 nitrogen and oxygen atoms in total. The smallest absolute Gasteiger partial charge is 0.268 e. The largest absolute Gasteiger partial charge is 0.394 e. The Morgan fingerprint density at radius 3 is 2.78 bits per heavy atom. The van der Waals surface area contributed by atoms with E-state index in [4.69, 9.17) is 0 Å². The van der Waals surface area contributed by atoms with Crippen molar-refractivity contribution in [1.29, 1.82) is 0 Å². The van der Waals surface area contributed by atoms with E-state index in [1.807, 2.05) is 6.92 Å². The molecule has 1 atom stereocenters. The fourth-order valence-corrected chi connectivity index (χ4v) is 1.73. The molecule has 0 saturated heterocycles. The van der Waals surface area contributed by atoms with E-state index >= 15 is 0 Å². The Hall–Kier alpha value is -1.62. The highest BCUT2D eigenvalue weighted by molar-refractivity contribution is 5.92. The number of nitrogens with one attached hydrogen (secondary N) is 2. The molecular formula is C13H20N2O3. The first-order valence-electron chi connectivity index (χ1n) is 6.19. The van der Waals surface area contributed by atoms with Crippen molar-refractivity contribution in [1.82, 2.24) is 10.3 Å². The summed E-state index contributed by atoms with van der Waals surface area (Å²) in [5.74, 6) is -0.356. The van der Waals surface area contributed by atoms with Crippen molar-refractivity contribution in [3.63, 3.8) is 0 Å². The average molecular weight is 252 g/mol. The highest BCUT2D eigenvalue weighted by atomic mass is 16.3. The van der Waals surface area contributed by atoms with Crippen LogP contribution in [0.25, 0.3) is 0 Å². The predicted molar refractivity (Wildman–Crippen MR) is 69.7 cm³/mol. The summed E-state index contributed by atoms with van der Waals surface area (Å²) in [5, 5.41) is 11.9. The van der Waals surface area contributed by atoms with Gasteiger partial charge in [0.2, 0.25) is 0 Å². The monoisotopic (exact) mass is 252 g/mol. The van der Waals surface area contributed by atoms with Crippen molar-refractivity contribution in [2.24, 2.45) is 0 Å². The summed E-state index contributed by atoms with van der Waals surface area (Å²) in [6.07, 6.45) is 2.68. The van der Waals surface area contributed by atoms with Gasteiger partial charge in [0, 0.05) is 17.8 Å². The van der Waals surface area contributed by atoms with E-state index in [1.54, 1.807) is 6.92 Å². The third kappa shape index (κ3) is 4.33. The number of aliphatic hydroxyl groups excluding tert-OH is 1. The summed E-state index contributed by atoms with van der Waals surface area (Å²) >= 11 is 0. The molecule has 5 heteroatoms. The summed E-state index contributed by atoms with van der Waals surface area (Å²) in [7, 11) is 0. The fourth-order valence-electron chi connectivity index (χ4n) is 1.73. The number of aromatic amines is 1. The summed E-state index contributed by atoms with van der Waals surface area (Å²) < 4.78 is 0. The summed E-state index contributed by atoms with van der Waals surface area (Å²) in [4.78, 5) is 26.0. The molecule has 0 aliphatic carbocycles. The Bertz CT molecular complexity index is 454. The molecule has 0 bridgehead atoms. The Morgan fingerprint density at radius 1 is 1.50 bits per heavy atom. The first-order valence-corrected chi connectivity index (χ1v) is 6.19. The van der Waals surface area contributed by atoms with Gasteiger partial charge in [0.15, 0.2) is 5.43 Å². The molecule has 1 amide bonds. The molecule has 18 heavy (non-hydrogen) atoms. The standard InChI is InChI=1S/C13H20N2O3/c1-3-4-5-10(8-16)15-13(18)12-7-11(17)6-9(2)14-12/h6-7,10,16H,3-5,8H2,1-2H3,(H,14,17)(H,15,18)/t10-/m1/s1. The Morgan fingerprint density at radius 2 is 2.22 bits per heavy atom. The molecule has 0 spiro atoms. The maximum absolute atomic E-state index is 11.9. The first-order chi connectivity index (χ1) is 8.56. The van der Waals surface area contributed by atoms with Gasteiger partial charge >= 0.3 is 0 Å². The van der Waals surface area contributed by atoms with E-state index in [-0.39, 0.29) is 29.7 Å². The lowest BCUT2D eigenvalue weighted by molar-refractivity contribution is 0.0907. The zero-order valence-electron chi connectivity index (χ0n) is 10.8. The minimum absolute atomic E-state index is 0.0954. The van der Waals surface area contributed by atoms with E-state index in [9.17, 15) is 14.7 Å². The molecule has 1 heterocycles. The highest BCUT2D eigenvalue weighted by Crippen LogP contribution is 2.01. The van der Waals surface area contributed by atoms with Crippen LogP contribution < -0.4 is 10.7 Å². The van der Waals surface area contributed by atoms with Crippen molar-refractivity contribution in [2.45, 2.75) is 39.2 Å². The van der Waals surface area contributed by atoms with Crippen molar-refractivity contribution >= 4 is 5.91 Å². The molecule has 0 aromatic carbocycles. The molecule has 0 unspecified atom stereocenters. The van der Waals surface area contributed by atoms with Crippen molar-refractivity contribution in [2.75, 3.05) is 6.61 Å². The van der Waals surface area contributed by atoms with Gasteiger partial charge in [0.25, 0.3) is 5.91 Å². The van der Waals surface area contributed by atoms with Crippen LogP contribution in [0.1, 0.15) is 42.4 Å². The zero-order valence-corrected chi connectivity index (χ0v) is 10.8. The number of hydrogen-bond donors (Lipinski definition) is 3. The molecule has 3 N–H and O–H groups in total. The van der Waals surface area contributed by atoms with Crippen LogP contribution >= 0.6 is 0 Å². The normalized spacial score (nSPS) is 12.2. The highest BCUT2D eigenvalue weighted by Gasteiger charge is 2.13. The number of H-pyrrole nitrogens is 1. The molecule has 1 rings (SSSR count). The maximum atomic E-state index is 11.9. The zero-order chi connectivity index (χ0) is 13.5. The number of rotatable bonds is 6. The van der Waals surface area contributed by atoms with Gasteiger partial charge in [0.05, 0.1) is 12.6 Å². The molecule has 1 aromatic rings. The Balaban J connectivity index is 2.71. The maximum Gasteiger partial charge on any atom is 0.268 e. The summed E-state index contributed by atoms with van der Waals surface area (Å²) in [5.41, 5.74) is 0.669. The second-order valence-corrected chi connectivity index (χ2v) is 4.41. The minimum Gasteiger partial charge on any atom is -0.394 e. The second kappa shape index (κ2) is 6.96. The van der Waals surface area contributed by atoms with Crippen LogP contribution in [-0.4, -0.2) is 28.6 Å². The third-order valence-electron chi connectivity index (χ3n) is 2.68. The van der Waals surface area contributed by atoms with Crippen LogP contribution in [0.4, 0.5) is 0 Å². The molecule has 0 radical (unpaired) electrons. The SMILES string of the molecule is CCCC[C@H](CO)NC(=O)c1cc(=O)cc(C)[nH]1. The Labute approximate surface area is 106 Å². The topological polar surface area (TPSA) is 82.2 Å². The number of carbonyl (C=O) groups excluding carboxylic acids is 1. The molecule has 0 aliphatic heterocycles. The summed E-state index contributed by atoms with van der Waals surface area (Å²) in [6, 6.07) is 2.43. The van der Waals surface area contributed by atoms with Crippen LogP contribution in [0, 0.1) is 6.92 Å². The molecule has 0 aliphatic rings. The third-order valence-corrected chi connectivity index (χ3v) is 2.68. The second-order valence-electron chi connectivity index (χ2n) is 4.41. The van der Waals surface area contributed by atoms with Gasteiger partial charge in [-0.3, -0.25) is 9.59 Å². The van der Waals surface area contributed by atoms with Crippen molar-refractivity contribution in [3.05, 3.63) is 33.7 Å². The van der Waals surface area contributed by atoms with Crippen LogP contribution in [0.3, 0.4) is 0 Å². The van der Waals surface area contributed by atoms with E-state index in [1.165, 1.54) is 12.1 Å². The Kier molecular flexibility index (Phi) is 5.58. The first kappa shape index (κ1) is 14.4. The molecule has 0 saturated carbocycles. The minimum atomic E-state index is -0.356. The van der Waals surface area contributed by atoms with Gasteiger partial charge in [-0.05, 0) is 13.3 Å². The molecule has 1 aromatic heterocycles. The van der Waals surface area contributed by atoms with E-state index in [0.29, 0.717) is 5.69 Å². The number of pyridine rings is 1. The van der Waals surface area contributed by atoms with Crippen LogP contribution in [-0.2, 0) is 0 Å². The number of aliphatic hydroxyl groups is 1. The summed E-state index contributed by atoms with van der Waals surface area (Å²) in [6.45, 7) is 3.68. The van der Waals surface area contributed by atoms with Gasteiger partial charge < -0.3 is 15.4 Å². The van der Waals surface area contributed by atoms with E-state index in [0.717, 1.165) is 19.3 Å². The average Bonchev–Trinajstić information content (AvgIpc) is 2.32. The lowest BCUT2D eigenvalue weighted by Crippen LogP contribution is -2.38. The molecular weight excluding hydrogens is 232 g/mol. The van der Waals surface area contributed by atoms with Crippen LogP contribution in [0.15, 0.2) is 16.9 Å². The van der Waals surface area contributed by atoms with Crippen molar-refractivity contribution in [3.8, 4) is 0 Å². The number of carbonyl (C=O) groups is 1. The lowest BCUT2D eigenvalue weighted by atomic mass is 10.1. The van der Waals surface area contributed by atoms with Crippen LogP contribution in [0.5, 0.6) is 0 Å². The van der Waals surface area contributed by atoms with Gasteiger partial charge in [-0.25, -0.2) is 0 Å². The molecule has 0 fully saturated rings. The predicted octanol–water partition coefficient (Wildman–Crippen LogP) is 0.964. The van der Waals surface area contributed by atoms with Crippen molar-refractivity contribution < 1.29 is 9.90 Å². The quantitative estimate of drug-likeness (QED) is 0.705. The molecule has 100 valence electrons. The van der Waals surface area contributed by atoms with Gasteiger partial charge in [-0.15, -0.1) is 0 Å². The number of aromatic nitrogens is 1. The van der Waals surface area contributed by atoms with Crippen LogP contribution in [0.2, 0.25) is 0 Å².